The summed E-state index contributed by atoms with van der Waals surface area (Å²) in [7, 11) is 0. The van der Waals surface area contributed by atoms with Crippen LogP contribution in [0.5, 0.6) is 0 Å². The molecule has 2 heteroatoms. The zero-order valence-electron chi connectivity index (χ0n) is 12.0. The average molecular weight is 240 g/mol. The Balaban J connectivity index is 3.71. The van der Waals surface area contributed by atoms with Gasteiger partial charge in [0, 0.05) is 0 Å². The number of nitriles is 2. The van der Waals surface area contributed by atoms with Crippen LogP contribution >= 0.6 is 0 Å². The average Bonchev–Trinajstić information content (AvgIpc) is 2.24. The molecule has 0 radical (unpaired) electrons. The van der Waals surface area contributed by atoms with Crippen molar-refractivity contribution in [2.24, 2.45) is 0 Å². The Morgan fingerprint density at radius 1 is 0.722 bits per heavy atom. The van der Waals surface area contributed by atoms with Crippen molar-refractivity contribution in [3.8, 4) is 12.1 Å². The molecule has 0 saturated heterocycles. The summed E-state index contributed by atoms with van der Waals surface area (Å²) in [6.07, 6.45) is 0. The topological polar surface area (TPSA) is 47.6 Å². The normalized spacial score (nSPS) is 11.8. The van der Waals surface area contributed by atoms with Crippen LogP contribution in [0.15, 0.2) is 12.1 Å². The highest BCUT2D eigenvalue weighted by Gasteiger charge is 2.26. The van der Waals surface area contributed by atoms with Crippen molar-refractivity contribution >= 4 is 0 Å². The molecule has 0 N–H and O–H groups in total. The number of nitrogens with zero attached hydrogens (tertiary/aromatic N) is 2. The lowest BCUT2D eigenvalue weighted by Crippen LogP contribution is -2.22. The first-order valence-electron chi connectivity index (χ1n) is 6.10. The molecular formula is C16H20N2. The van der Waals surface area contributed by atoms with Crippen molar-refractivity contribution in [3.05, 3.63) is 34.4 Å². The van der Waals surface area contributed by atoms with E-state index in [4.69, 9.17) is 10.5 Å². The van der Waals surface area contributed by atoms with E-state index in [1.165, 1.54) is 0 Å². The Morgan fingerprint density at radius 2 is 1.00 bits per heavy atom. The Morgan fingerprint density at radius 3 is 1.17 bits per heavy atom. The van der Waals surface area contributed by atoms with Gasteiger partial charge in [0.05, 0.1) is 11.1 Å². The second-order valence-corrected chi connectivity index (χ2v) is 6.67. The number of hydrogen-bond donors (Lipinski definition) is 0. The molecule has 0 saturated carbocycles. The summed E-state index contributed by atoms with van der Waals surface area (Å²) < 4.78 is 0. The van der Waals surface area contributed by atoms with E-state index in [2.05, 4.69) is 53.7 Å². The zero-order valence-corrected chi connectivity index (χ0v) is 12.0. The molecule has 0 aromatic heterocycles. The third kappa shape index (κ3) is 2.71. The molecular weight excluding hydrogens is 220 g/mol. The molecule has 18 heavy (non-hydrogen) atoms. The quantitative estimate of drug-likeness (QED) is 0.687. The second-order valence-electron chi connectivity index (χ2n) is 6.67. The minimum absolute atomic E-state index is 0.0395. The predicted octanol–water partition coefficient (Wildman–Crippen LogP) is 4.02. The van der Waals surface area contributed by atoms with Crippen LogP contribution in [0, 0.1) is 22.7 Å². The number of hydrogen-bond acceptors (Lipinski definition) is 2. The summed E-state index contributed by atoms with van der Waals surface area (Å²) in [6.45, 7) is 12.8. The van der Waals surface area contributed by atoms with Crippen LogP contribution in [0.3, 0.4) is 0 Å². The Bertz CT molecular complexity index is 490. The summed E-state index contributed by atoms with van der Waals surface area (Å²) in [5, 5.41) is 18.3. The van der Waals surface area contributed by atoms with Gasteiger partial charge in [-0.25, -0.2) is 0 Å². The third-order valence-corrected chi connectivity index (χ3v) is 3.01. The highest BCUT2D eigenvalue weighted by Crippen LogP contribution is 2.35. The van der Waals surface area contributed by atoms with E-state index >= 15 is 0 Å². The van der Waals surface area contributed by atoms with E-state index in [1.807, 2.05) is 12.1 Å². The Kier molecular flexibility index (Phi) is 3.54. The van der Waals surface area contributed by atoms with Gasteiger partial charge in [0.25, 0.3) is 0 Å². The lowest BCUT2D eigenvalue weighted by Gasteiger charge is -2.30. The maximum atomic E-state index is 9.13. The highest BCUT2D eigenvalue weighted by molar-refractivity contribution is 5.53. The number of benzene rings is 1. The minimum atomic E-state index is -0.0395. The molecule has 0 bridgehead atoms. The number of rotatable bonds is 0. The van der Waals surface area contributed by atoms with Crippen LogP contribution in [0.4, 0.5) is 0 Å². The summed E-state index contributed by atoms with van der Waals surface area (Å²) in [5.74, 6) is 0. The lowest BCUT2D eigenvalue weighted by atomic mass is 9.74. The molecule has 1 rings (SSSR count). The summed E-state index contributed by atoms with van der Waals surface area (Å²) >= 11 is 0. The van der Waals surface area contributed by atoms with Gasteiger partial charge in [-0.05, 0) is 34.1 Å². The molecule has 0 fully saturated rings. The summed E-state index contributed by atoms with van der Waals surface area (Å²) in [5.41, 5.74) is 3.15. The van der Waals surface area contributed by atoms with Crippen LogP contribution in [-0.4, -0.2) is 0 Å². The molecule has 0 spiro atoms. The first-order valence-corrected chi connectivity index (χ1v) is 6.10. The molecule has 0 heterocycles. The van der Waals surface area contributed by atoms with E-state index in [-0.39, 0.29) is 10.8 Å². The maximum absolute atomic E-state index is 9.13. The second kappa shape index (κ2) is 4.46. The van der Waals surface area contributed by atoms with Crippen LogP contribution in [0.1, 0.15) is 63.8 Å². The van der Waals surface area contributed by atoms with Gasteiger partial charge in [0.1, 0.15) is 12.1 Å². The SMILES string of the molecule is CC(C)(C)c1cc(C#N)c(C#N)cc1C(C)(C)C. The van der Waals surface area contributed by atoms with Crippen LogP contribution < -0.4 is 0 Å². The highest BCUT2D eigenvalue weighted by atomic mass is 14.3. The standard InChI is InChI=1S/C16H20N2/c1-15(2,3)13-7-11(9-17)12(10-18)8-14(13)16(4,5)6/h7-8H,1-6H3. The van der Waals surface area contributed by atoms with Gasteiger partial charge in [-0.1, -0.05) is 41.5 Å². The fourth-order valence-corrected chi connectivity index (χ4v) is 2.03. The predicted molar refractivity (Wildman–Crippen MR) is 73.3 cm³/mol. The lowest BCUT2D eigenvalue weighted by molar-refractivity contribution is 0.530. The van der Waals surface area contributed by atoms with Gasteiger partial charge in [0.15, 0.2) is 0 Å². The molecule has 94 valence electrons. The monoisotopic (exact) mass is 240 g/mol. The van der Waals surface area contributed by atoms with Crippen molar-refractivity contribution in [3.63, 3.8) is 0 Å². The maximum Gasteiger partial charge on any atom is 0.101 e. The fraction of sp³-hybridized carbons (Fsp3) is 0.500. The van der Waals surface area contributed by atoms with Crippen molar-refractivity contribution < 1.29 is 0 Å². The van der Waals surface area contributed by atoms with Gasteiger partial charge in [-0.15, -0.1) is 0 Å². The summed E-state index contributed by atoms with van der Waals surface area (Å²) in [6, 6.07) is 7.98. The molecule has 0 aliphatic carbocycles. The minimum Gasteiger partial charge on any atom is -0.192 e. The molecule has 0 aliphatic rings. The zero-order chi connectivity index (χ0) is 14.1. The molecule has 1 aromatic carbocycles. The Labute approximate surface area is 110 Å². The van der Waals surface area contributed by atoms with Gasteiger partial charge in [-0.2, -0.15) is 10.5 Å². The first-order chi connectivity index (χ1) is 8.11. The van der Waals surface area contributed by atoms with Gasteiger partial charge in [-0.3, -0.25) is 0 Å². The van der Waals surface area contributed by atoms with E-state index in [0.717, 1.165) is 11.1 Å². The molecule has 0 atom stereocenters. The molecule has 1 aromatic rings. The first kappa shape index (κ1) is 14.3. The van der Waals surface area contributed by atoms with Gasteiger partial charge < -0.3 is 0 Å². The van der Waals surface area contributed by atoms with Gasteiger partial charge in [0.2, 0.25) is 0 Å². The van der Waals surface area contributed by atoms with E-state index in [9.17, 15) is 0 Å². The van der Waals surface area contributed by atoms with Crippen molar-refractivity contribution in [1.29, 1.82) is 10.5 Å². The van der Waals surface area contributed by atoms with Crippen molar-refractivity contribution in [2.45, 2.75) is 52.4 Å². The largest absolute Gasteiger partial charge is 0.192 e. The van der Waals surface area contributed by atoms with E-state index < -0.39 is 0 Å². The summed E-state index contributed by atoms with van der Waals surface area (Å²) in [4.78, 5) is 0. The molecule has 0 amide bonds. The van der Waals surface area contributed by atoms with E-state index in [0.29, 0.717) is 11.1 Å². The molecule has 2 nitrogen and oxygen atoms in total. The third-order valence-electron chi connectivity index (χ3n) is 3.01. The van der Waals surface area contributed by atoms with E-state index in [1.54, 1.807) is 0 Å². The molecule has 0 unspecified atom stereocenters. The van der Waals surface area contributed by atoms with Gasteiger partial charge >= 0.3 is 0 Å². The fourth-order valence-electron chi connectivity index (χ4n) is 2.03. The Hall–Kier alpha value is -1.80. The van der Waals surface area contributed by atoms with Crippen molar-refractivity contribution in [2.75, 3.05) is 0 Å². The molecule has 0 aliphatic heterocycles. The van der Waals surface area contributed by atoms with Crippen LogP contribution in [-0.2, 0) is 10.8 Å². The van der Waals surface area contributed by atoms with Crippen molar-refractivity contribution in [1.82, 2.24) is 0 Å². The van der Waals surface area contributed by atoms with Crippen LogP contribution in [0.25, 0.3) is 0 Å². The van der Waals surface area contributed by atoms with Crippen LogP contribution in [0.2, 0.25) is 0 Å². The smallest absolute Gasteiger partial charge is 0.101 e.